The minimum Gasteiger partial charge on any atom is -0.323 e. The van der Waals surface area contributed by atoms with Gasteiger partial charge in [-0.25, -0.2) is 9.18 Å². The monoisotopic (exact) mass is 458 g/mol. The average Bonchev–Trinajstić information content (AvgIpc) is 3.27. The van der Waals surface area contributed by atoms with E-state index in [1.807, 2.05) is 19.1 Å². The van der Waals surface area contributed by atoms with Crippen molar-refractivity contribution in [3.05, 3.63) is 52.7 Å². The van der Waals surface area contributed by atoms with Crippen molar-refractivity contribution in [3.8, 4) is 0 Å². The lowest BCUT2D eigenvalue weighted by Crippen LogP contribution is -2.53. The molecule has 1 aromatic heterocycles. The lowest BCUT2D eigenvalue weighted by Gasteiger charge is -2.38. The number of rotatable bonds is 6. The Morgan fingerprint density at radius 3 is 2.50 bits per heavy atom. The number of hydrogen-bond donors (Lipinski definition) is 2. The number of anilines is 1. The van der Waals surface area contributed by atoms with Crippen molar-refractivity contribution in [1.82, 2.24) is 15.1 Å². The summed E-state index contributed by atoms with van der Waals surface area (Å²) in [4.78, 5) is 41.7. The van der Waals surface area contributed by atoms with E-state index in [4.69, 9.17) is 0 Å². The molecule has 7 nitrogen and oxygen atoms in total. The van der Waals surface area contributed by atoms with Crippen molar-refractivity contribution in [2.45, 2.75) is 45.3 Å². The summed E-state index contributed by atoms with van der Waals surface area (Å²) in [6.07, 6.45) is 1.60. The Hall–Kier alpha value is -2.78. The molecule has 0 aliphatic carbocycles. The van der Waals surface area contributed by atoms with Crippen LogP contribution < -0.4 is 10.6 Å². The van der Waals surface area contributed by atoms with Crippen LogP contribution >= 0.6 is 11.3 Å². The van der Waals surface area contributed by atoms with Crippen LogP contribution in [0, 0.1) is 11.7 Å². The second-order valence-electron chi connectivity index (χ2n) is 8.65. The summed E-state index contributed by atoms with van der Waals surface area (Å²) in [5.74, 6) is -0.601. The summed E-state index contributed by atoms with van der Waals surface area (Å²) in [5, 5.41) is 6.57. The third-order valence-electron chi connectivity index (χ3n) is 6.30. The van der Waals surface area contributed by atoms with Gasteiger partial charge in [0.1, 0.15) is 11.4 Å². The van der Waals surface area contributed by atoms with Gasteiger partial charge in [-0.15, -0.1) is 11.3 Å². The van der Waals surface area contributed by atoms with Gasteiger partial charge in [0, 0.05) is 18.3 Å². The second-order valence-corrected chi connectivity index (χ2v) is 9.82. The van der Waals surface area contributed by atoms with Gasteiger partial charge < -0.3 is 10.6 Å². The summed E-state index contributed by atoms with van der Waals surface area (Å²) in [7, 11) is 0. The van der Waals surface area contributed by atoms with Crippen LogP contribution in [0.15, 0.2) is 36.4 Å². The summed E-state index contributed by atoms with van der Waals surface area (Å²) in [5.41, 5.74) is -0.214. The van der Waals surface area contributed by atoms with E-state index >= 15 is 0 Å². The maximum atomic E-state index is 13.2. The Balaban J connectivity index is 1.34. The van der Waals surface area contributed by atoms with Gasteiger partial charge in [0.15, 0.2) is 0 Å². The number of carbonyl (C=O) groups excluding carboxylic acids is 3. The van der Waals surface area contributed by atoms with Gasteiger partial charge in [0.05, 0.1) is 11.5 Å². The zero-order chi connectivity index (χ0) is 22.9. The Morgan fingerprint density at radius 2 is 1.84 bits per heavy atom. The van der Waals surface area contributed by atoms with Gasteiger partial charge >= 0.3 is 6.03 Å². The lowest BCUT2D eigenvalue weighted by atomic mass is 9.79. The Morgan fingerprint density at radius 1 is 1.16 bits per heavy atom. The highest BCUT2D eigenvalue weighted by Crippen LogP contribution is 2.35. The molecule has 2 saturated heterocycles. The largest absolute Gasteiger partial charge is 0.325 e. The zero-order valence-corrected chi connectivity index (χ0v) is 19.0. The maximum Gasteiger partial charge on any atom is 0.325 e. The fourth-order valence-electron chi connectivity index (χ4n) is 4.50. The number of nitrogens with zero attached hydrogens (tertiary/aromatic N) is 2. The Labute approximate surface area is 190 Å². The number of urea groups is 1. The number of benzene rings is 1. The molecule has 4 amide bonds. The van der Waals surface area contributed by atoms with Crippen molar-refractivity contribution < 1.29 is 18.8 Å². The number of piperidine rings is 1. The van der Waals surface area contributed by atoms with Crippen molar-refractivity contribution in [2.75, 3.05) is 18.4 Å². The fraction of sp³-hybridized carbons (Fsp3) is 0.435. The molecule has 1 aromatic carbocycles. The van der Waals surface area contributed by atoms with Gasteiger partial charge in [0.2, 0.25) is 5.91 Å². The molecule has 0 bridgehead atoms. The van der Waals surface area contributed by atoms with E-state index in [9.17, 15) is 18.8 Å². The van der Waals surface area contributed by atoms with Crippen LogP contribution in [0.1, 0.15) is 37.1 Å². The second kappa shape index (κ2) is 8.99. The molecule has 170 valence electrons. The Kier molecular flexibility index (Phi) is 6.30. The normalized spacial score (nSPS) is 22.3. The Bertz CT molecular complexity index is 1020. The van der Waals surface area contributed by atoms with Crippen molar-refractivity contribution in [2.24, 2.45) is 5.92 Å². The standard InChI is InChI=1S/C23H27FN4O3S/c1-15(29)25-20-8-7-19(32-20)14-27-11-9-17(10-12-27)23(2)21(30)28(22(31)26-23)13-16-3-5-18(24)6-4-16/h3-8,17H,9-14H2,1-2H3,(H,25,29)(H,26,31)/t23-/m0/s1. The summed E-state index contributed by atoms with van der Waals surface area (Å²) < 4.78 is 13.2. The van der Waals surface area contributed by atoms with E-state index in [0.717, 1.165) is 37.5 Å². The third kappa shape index (κ3) is 4.68. The van der Waals surface area contributed by atoms with Crippen molar-refractivity contribution in [3.63, 3.8) is 0 Å². The molecule has 0 radical (unpaired) electrons. The lowest BCUT2D eigenvalue weighted by molar-refractivity contribution is -0.133. The molecule has 0 saturated carbocycles. The fourth-order valence-corrected chi connectivity index (χ4v) is 5.50. The zero-order valence-electron chi connectivity index (χ0n) is 18.2. The summed E-state index contributed by atoms with van der Waals surface area (Å²) in [6.45, 7) is 5.90. The molecule has 0 unspecified atom stereocenters. The molecule has 2 aromatic rings. The third-order valence-corrected chi connectivity index (χ3v) is 7.28. The first-order chi connectivity index (χ1) is 15.2. The number of amides is 4. The van der Waals surface area contributed by atoms with Crippen LogP contribution in [0.2, 0.25) is 0 Å². The number of likely N-dealkylation sites (tertiary alicyclic amines) is 1. The van der Waals surface area contributed by atoms with Gasteiger partial charge in [-0.2, -0.15) is 0 Å². The molecular weight excluding hydrogens is 431 g/mol. The average molecular weight is 459 g/mol. The van der Waals surface area contributed by atoms with E-state index in [-0.39, 0.29) is 30.1 Å². The highest BCUT2D eigenvalue weighted by molar-refractivity contribution is 7.16. The molecule has 32 heavy (non-hydrogen) atoms. The van der Waals surface area contributed by atoms with Gasteiger partial charge in [-0.3, -0.25) is 19.4 Å². The highest BCUT2D eigenvalue weighted by Gasteiger charge is 2.52. The molecule has 0 spiro atoms. The first kappa shape index (κ1) is 22.4. The molecule has 3 heterocycles. The molecular formula is C23H27FN4O3S. The van der Waals surface area contributed by atoms with E-state index < -0.39 is 11.6 Å². The number of halogens is 1. The molecule has 2 aliphatic rings. The summed E-state index contributed by atoms with van der Waals surface area (Å²) in [6, 6.07) is 9.38. The van der Waals surface area contributed by atoms with E-state index in [2.05, 4.69) is 15.5 Å². The minimum absolute atomic E-state index is 0.0479. The summed E-state index contributed by atoms with van der Waals surface area (Å²) >= 11 is 1.57. The van der Waals surface area contributed by atoms with Crippen LogP contribution in [0.4, 0.5) is 14.2 Å². The number of nitrogens with one attached hydrogen (secondary N) is 2. The molecule has 2 aliphatic heterocycles. The first-order valence-corrected chi connectivity index (χ1v) is 11.5. The molecule has 4 rings (SSSR count). The number of carbonyl (C=O) groups is 3. The SMILES string of the molecule is CC(=O)Nc1ccc(CN2CCC([C@]3(C)NC(=O)N(Cc4ccc(F)cc4)C3=O)CC2)s1. The number of thiophene rings is 1. The van der Waals surface area contributed by atoms with Gasteiger partial charge in [-0.1, -0.05) is 12.1 Å². The molecule has 9 heteroatoms. The smallest absolute Gasteiger partial charge is 0.323 e. The van der Waals surface area contributed by atoms with Crippen LogP contribution in [0.25, 0.3) is 0 Å². The van der Waals surface area contributed by atoms with E-state index in [1.165, 1.54) is 28.8 Å². The number of hydrogen-bond acceptors (Lipinski definition) is 5. The van der Waals surface area contributed by atoms with Crippen LogP contribution in [0.5, 0.6) is 0 Å². The van der Waals surface area contributed by atoms with Crippen LogP contribution in [-0.2, 0) is 22.7 Å². The van der Waals surface area contributed by atoms with Crippen LogP contribution in [-0.4, -0.2) is 46.3 Å². The van der Waals surface area contributed by atoms with E-state index in [0.29, 0.717) is 5.56 Å². The van der Waals surface area contributed by atoms with Gasteiger partial charge in [0.25, 0.3) is 5.91 Å². The quantitative estimate of drug-likeness (QED) is 0.649. The van der Waals surface area contributed by atoms with Crippen molar-refractivity contribution in [1.29, 1.82) is 0 Å². The topological polar surface area (TPSA) is 81.8 Å². The number of imide groups is 1. The predicted octanol–water partition coefficient (Wildman–Crippen LogP) is 3.57. The van der Waals surface area contributed by atoms with Crippen LogP contribution in [0.3, 0.4) is 0 Å². The molecule has 2 fully saturated rings. The molecule has 2 N–H and O–H groups in total. The maximum absolute atomic E-state index is 13.2. The molecule has 1 atom stereocenters. The van der Waals surface area contributed by atoms with Gasteiger partial charge in [-0.05, 0) is 68.6 Å². The highest BCUT2D eigenvalue weighted by atomic mass is 32.1. The first-order valence-electron chi connectivity index (χ1n) is 10.7. The predicted molar refractivity (Wildman–Crippen MR) is 121 cm³/mol. The van der Waals surface area contributed by atoms with Crippen molar-refractivity contribution >= 4 is 34.2 Å². The minimum atomic E-state index is -0.926. The van der Waals surface area contributed by atoms with E-state index in [1.54, 1.807) is 23.5 Å².